The Hall–Kier alpha value is -2.36. The van der Waals surface area contributed by atoms with Crippen LogP contribution in [-0.4, -0.2) is 59.4 Å². The zero-order valence-corrected chi connectivity index (χ0v) is 16.9. The van der Waals surface area contributed by atoms with Gasteiger partial charge in [-0.25, -0.2) is 4.98 Å². The molecule has 0 N–H and O–H groups in total. The highest BCUT2D eigenvalue weighted by Crippen LogP contribution is 2.32. The Kier molecular flexibility index (Phi) is 5.37. The molecular weight excluding hydrogens is 444 g/mol. The normalized spacial score (nSPS) is 17.6. The fraction of sp³-hybridized carbons (Fsp3) is 0.316. The third-order valence-electron chi connectivity index (χ3n) is 5.12. The minimum atomic E-state index is -4.43. The van der Waals surface area contributed by atoms with Gasteiger partial charge in [-0.1, -0.05) is 23.2 Å². The fourth-order valence-electron chi connectivity index (χ4n) is 3.47. The molecule has 2 aliphatic rings. The number of hydrogen-bond donors (Lipinski definition) is 0. The van der Waals surface area contributed by atoms with Crippen LogP contribution in [0.4, 0.5) is 19.0 Å². The van der Waals surface area contributed by atoms with Crippen LogP contribution in [0.1, 0.15) is 26.3 Å². The van der Waals surface area contributed by atoms with E-state index in [0.717, 1.165) is 17.2 Å². The van der Waals surface area contributed by atoms with Gasteiger partial charge in [0, 0.05) is 32.4 Å². The minimum Gasteiger partial charge on any atom is -0.354 e. The summed E-state index contributed by atoms with van der Waals surface area (Å²) in [5.41, 5.74) is -0.348. The number of benzene rings is 1. The van der Waals surface area contributed by atoms with Gasteiger partial charge in [0.1, 0.15) is 5.82 Å². The van der Waals surface area contributed by atoms with E-state index in [1.54, 1.807) is 0 Å². The van der Waals surface area contributed by atoms with Crippen LogP contribution in [0.3, 0.4) is 0 Å². The van der Waals surface area contributed by atoms with E-state index >= 15 is 0 Å². The van der Waals surface area contributed by atoms with Crippen molar-refractivity contribution in [1.29, 1.82) is 0 Å². The summed E-state index contributed by atoms with van der Waals surface area (Å²) < 4.78 is 38.0. The lowest BCUT2D eigenvalue weighted by molar-refractivity contribution is -0.137. The van der Waals surface area contributed by atoms with Crippen LogP contribution < -0.4 is 4.90 Å². The van der Waals surface area contributed by atoms with Gasteiger partial charge in [0.2, 0.25) is 0 Å². The molecule has 30 heavy (non-hydrogen) atoms. The molecule has 0 bridgehead atoms. The molecule has 0 atom stereocenters. The van der Waals surface area contributed by atoms with Crippen molar-refractivity contribution in [1.82, 2.24) is 14.8 Å². The number of halogens is 5. The van der Waals surface area contributed by atoms with Gasteiger partial charge >= 0.3 is 6.18 Å². The number of imide groups is 1. The smallest absolute Gasteiger partial charge is 0.354 e. The molecule has 1 aromatic carbocycles. The lowest BCUT2D eigenvalue weighted by atomic mass is 10.1. The maximum atomic E-state index is 12.7. The van der Waals surface area contributed by atoms with Crippen LogP contribution in [0, 0.1) is 0 Å². The van der Waals surface area contributed by atoms with Gasteiger partial charge < -0.3 is 4.90 Å². The molecule has 3 heterocycles. The second-order valence-corrected chi connectivity index (χ2v) is 7.81. The van der Waals surface area contributed by atoms with E-state index in [9.17, 15) is 22.8 Å². The molecule has 2 amide bonds. The lowest BCUT2D eigenvalue weighted by Crippen LogP contribution is -2.51. The molecule has 0 radical (unpaired) electrons. The second kappa shape index (κ2) is 7.72. The first-order valence-corrected chi connectivity index (χ1v) is 9.76. The van der Waals surface area contributed by atoms with Crippen molar-refractivity contribution in [2.75, 3.05) is 37.7 Å². The van der Waals surface area contributed by atoms with Crippen molar-refractivity contribution in [3.8, 4) is 0 Å². The highest BCUT2D eigenvalue weighted by atomic mass is 35.5. The average molecular weight is 459 g/mol. The number of amides is 2. The monoisotopic (exact) mass is 458 g/mol. The van der Waals surface area contributed by atoms with E-state index in [2.05, 4.69) is 4.98 Å². The Bertz CT molecular complexity index is 965. The topological polar surface area (TPSA) is 56.8 Å². The van der Waals surface area contributed by atoms with Crippen molar-refractivity contribution < 1.29 is 22.8 Å². The van der Waals surface area contributed by atoms with Gasteiger partial charge in [-0.2, -0.15) is 13.2 Å². The summed E-state index contributed by atoms with van der Waals surface area (Å²) in [6.07, 6.45) is -3.61. The van der Waals surface area contributed by atoms with Gasteiger partial charge in [-0.15, -0.1) is 0 Å². The number of hydrogen-bond acceptors (Lipinski definition) is 5. The highest BCUT2D eigenvalue weighted by Gasteiger charge is 2.37. The Labute approximate surface area is 179 Å². The van der Waals surface area contributed by atoms with Crippen molar-refractivity contribution in [3.05, 3.63) is 57.2 Å². The molecule has 0 aliphatic carbocycles. The first-order chi connectivity index (χ1) is 14.1. The first-order valence-electron chi connectivity index (χ1n) is 9.01. The zero-order chi connectivity index (χ0) is 21.6. The van der Waals surface area contributed by atoms with E-state index in [-0.39, 0.29) is 27.8 Å². The molecule has 2 aliphatic heterocycles. The molecule has 158 valence electrons. The molecule has 1 aromatic heterocycles. The molecule has 0 unspecified atom stereocenters. The molecule has 1 fully saturated rings. The molecule has 1 saturated heterocycles. The van der Waals surface area contributed by atoms with Crippen LogP contribution in [0.2, 0.25) is 10.0 Å². The summed E-state index contributed by atoms with van der Waals surface area (Å²) >= 11 is 11.9. The van der Waals surface area contributed by atoms with Gasteiger partial charge in [0.25, 0.3) is 11.8 Å². The van der Waals surface area contributed by atoms with Crippen molar-refractivity contribution in [3.63, 3.8) is 0 Å². The molecule has 2 aromatic rings. The fourth-order valence-corrected chi connectivity index (χ4v) is 3.80. The maximum absolute atomic E-state index is 12.7. The number of carbonyl (C=O) groups excluding carboxylic acids is 2. The van der Waals surface area contributed by atoms with E-state index in [1.807, 2.05) is 9.80 Å². The molecule has 4 rings (SSSR count). The summed E-state index contributed by atoms with van der Waals surface area (Å²) in [7, 11) is 0. The molecule has 11 heteroatoms. The van der Waals surface area contributed by atoms with Crippen LogP contribution in [0.15, 0.2) is 30.5 Å². The maximum Gasteiger partial charge on any atom is 0.417 e. The third kappa shape index (κ3) is 3.84. The van der Waals surface area contributed by atoms with Crippen LogP contribution in [0.5, 0.6) is 0 Å². The van der Waals surface area contributed by atoms with Crippen LogP contribution in [0.25, 0.3) is 0 Å². The van der Waals surface area contributed by atoms with Gasteiger partial charge in [-0.3, -0.25) is 19.4 Å². The van der Waals surface area contributed by atoms with Gasteiger partial charge in [-0.05, 0) is 24.3 Å². The summed E-state index contributed by atoms with van der Waals surface area (Å²) in [6.45, 7) is 2.13. The lowest BCUT2D eigenvalue weighted by Gasteiger charge is -2.36. The Morgan fingerprint density at radius 2 is 1.50 bits per heavy atom. The zero-order valence-electron chi connectivity index (χ0n) is 15.4. The number of aromatic nitrogens is 1. The SMILES string of the molecule is O=C1c2cc(Cl)c(Cl)cc2C(=O)N1CN1CCN(c2ccc(C(F)(F)F)cn2)CC1. The van der Waals surface area contributed by atoms with Crippen molar-refractivity contribution in [2.24, 2.45) is 0 Å². The number of piperazine rings is 1. The summed E-state index contributed by atoms with van der Waals surface area (Å²) in [6, 6.07) is 5.14. The van der Waals surface area contributed by atoms with E-state index in [4.69, 9.17) is 23.2 Å². The van der Waals surface area contributed by atoms with E-state index in [0.29, 0.717) is 32.0 Å². The van der Waals surface area contributed by atoms with Crippen molar-refractivity contribution in [2.45, 2.75) is 6.18 Å². The predicted octanol–water partition coefficient (Wildman–Crippen LogP) is 3.78. The van der Waals surface area contributed by atoms with Crippen LogP contribution in [-0.2, 0) is 6.18 Å². The first kappa shape index (κ1) is 20.9. The number of rotatable bonds is 3. The van der Waals surface area contributed by atoms with Crippen molar-refractivity contribution >= 4 is 40.8 Å². The Morgan fingerprint density at radius 1 is 0.933 bits per heavy atom. The number of anilines is 1. The molecule has 0 spiro atoms. The third-order valence-corrected chi connectivity index (χ3v) is 5.85. The van der Waals surface area contributed by atoms with Gasteiger partial charge in [0.15, 0.2) is 0 Å². The van der Waals surface area contributed by atoms with Gasteiger partial charge in [0.05, 0.1) is 33.4 Å². The minimum absolute atomic E-state index is 0.107. The Morgan fingerprint density at radius 3 is 1.97 bits per heavy atom. The Balaban J connectivity index is 1.38. The standard InChI is InChI=1S/C19H15Cl2F3N4O2/c20-14-7-12-13(8-15(14)21)18(30)28(17(12)29)10-26-3-5-27(6-4-26)16-2-1-11(9-25-16)19(22,23)24/h1-2,7-9H,3-6,10H2. The summed E-state index contributed by atoms with van der Waals surface area (Å²) in [5, 5.41) is 0.409. The number of pyridine rings is 1. The van der Waals surface area contributed by atoms with E-state index in [1.165, 1.54) is 18.2 Å². The number of fused-ring (bicyclic) bond motifs is 1. The number of carbonyl (C=O) groups is 2. The number of nitrogens with zero attached hydrogens (tertiary/aromatic N) is 4. The molecule has 0 saturated carbocycles. The average Bonchev–Trinajstić information content (AvgIpc) is 2.93. The summed E-state index contributed by atoms with van der Waals surface area (Å²) in [5.74, 6) is -0.409. The predicted molar refractivity (Wildman–Crippen MR) is 105 cm³/mol. The number of alkyl halides is 3. The van der Waals surface area contributed by atoms with E-state index < -0.39 is 23.6 Å². The summed E-state index contributed by atoms with van der Waals surface area (Å²) in [4.78, 5) is 34.0. The highest BCUT2D eigenvalue weighted by molar-refractivity contribution is 6.43. The quantitative estimate of drug-likeness (QED) is 0.655. The molecular formula is C19H15Cl2F3N4O2. The largest absolute Gasteiger partial charge is 0.417 e. The second-order valence-electron chi connectivity index (χ2n) is 7.00. The molecule has 6 nitrogen and oxygen atoms in total. The van der Waals surface area contributed by atoms with Crippen LogP contribution >= 0.6 is 23.2 Å².